The Bertz CT molecular complexity index is 406. The van der Waals surface area contributed by atoms with Crippen LogP contribution in [-0.2, 0) is 18.6 Å². The first-order chi connectivity index (χ1) is 11.2. The molecule has 0 saturated heterocycles. The van der Waals surface area contributed by atoms with Crippen LogP contribution in [-0.4, -0.2) is 59.1 Å². The first kappa shape index (κ1) is 23.3. The Hall–Kier alpha value is -0.720. The second-order valence-corrected chi connectivity index (χ2v) is 7.27. The molecule has 0 aliphatic rings. The summed E-state index contributed by atoms with van der Waals surface area (Å²) in [6.45, 7) is 12.9. The van der Waals surface area contributed by atoms with E-state index in [0.717, 1.165) is 49.5 Å². The zero-order valence-corrected chi connectivity index (χ0v) is 16.0. The highest BCUT2D eigenvalue weighted by Gasteiger charge is 2.33. The van der Waals surface area contributed by atoms with E-state index in [4.69, 9.17) is 9.26 Å². The predicted molar refractivity (Wildman–Crippen MR) is 93.3 cm³/mol. The normalized spacial score (nSPS) is 13.5. The van der Waals surface area contributed by atoms with Gasteiger partial charge in [-0.15, -0.1) is 0 Å². The van der Waals surface area contributed by atoms with Crippen molar-refractivity contribution in [2.24, 2.45) is 0 Å². The Morgan fingerprint density at radius 2 is 1.67 bits per heavy atom. The summed E-state index contributed by atoms with van der Waals surface area (Å²) in [5, 5.41) is 0. The van der Waals surface area contributed by atoms with Gasteiger partial charge in [0, 0.05) is 12.5 Å². The van der Waals surface area contributed by atoms with Crippen molar-refractivity contribution in [2.75, 3.05) is 32.8 Å². The van der Waals surface area contributed by atoms with E-state index in [0.29, 0.717) is 6.54 Å². The maximum absolute atomic E-state index is 11.3. The molecule has 1 atom stereocenters. The Balaban J connectivity index is 5.08. The summed E-state index contributed by atoms with van der Waals surface area (Å²) in [5.41, 5.74) is 0. The number of hydrogen-bond donors (Lipinski definition) is 2. The molecule has 0 aliphatic heterocycles. The van der Waals surface area contributed by atoms with E-state index in [1.165, 1.54) is 0 Å². The summed E-state index contributed by atoms with van der Waals surface area (Å²) in [4.78, 5) is 29.5. The average Bonchev–Trinajstić information content (AvgIpc) is 2.46. The zero-order valence-electron chi connectivity index (χ0n) is 15.1. The SMILES string of the molecule is C=CC(=O)OCCC(C[N+](CCC)(CCC)CCC)OP(=O)(O)O. The molecular weight excluding hydrogens is 333 g/mol. The molecule has 0 spiro atoms. The summed E-state index contributed by atoms with van der Waals surface area (Å²) in [6, 6.07) is 0. The van der Waals surface area contributed by atoms with E-state index in [1.807, 2.05) is 0 Å². The Kier molecular flexibility index (Phi) is 11.4. The van der Waals surface area contributed by atoms with Gasteiger partial charge in [-0.25, -0.2) is 9.36 Å². The van der Waals surface area contributed by atoms with Crippen LogP contribution in [0.25, 0.3) is 0 Å². The van der Waals surface area contributed by atoms with Gasteiger partial charge in [0.25, 0.3) is 0 Å². The van der Waals surface area contributed by atoms with Crippen LogP contribution < -0.4 is 0 Å². The molecule has 0 heterocycles. The third-order valence-corrected chi connectivity index (χ3v) is 4.39. The van der Waals surface area contributed by atoms with Gasteiger partial charge in [0.15, 0.2) is 0 Å². The number of nitrogens with zero attached hydrogens (tertiary/aromatic N) is 1. The van der Waals surface area contributed by atoms with Crippen LogP contribution in [0.5, 0.6) is 0 Å². The largest absolute Gasteiger partial charge is 0.470 e. The second kappa shape index (κ2) is 11.8. The fraction of sp³-hybridized carbons (Fsp3) is 0.812. The molecule has 0 aliphatic carbocycles. The number of phosphoric acid groups is 1. The topological polar surface area (TPSA) is 93.1 Å². The molecule has 0 bridgehead atoms. The van der Waals surface area contributed by atoms with Gasteiger partial charge < -0.3 is 19.0 Å². The van der Waals surface area contributed by atoms with E-state index in [9.17, 15) is 19.1 Å². The van der Waals surface area contributed by atoms with Crippen molar-refractivity contribution in [3.05, 3.63) is 12.7 Å². The van der Waals surface area contributed by atoms with Gasteiger partial charge in [0.05, 0.1) is 26.2 Å². The lowest BCUT2D eigenvalue weighted by Gasteiger charge is -2.40. The minimum absolute atomic E-state index is 0.0416. The molecule has 142 valence electrons. The number of hydrogen-bond acceptors (Lipinski definition) is 4. The van der Waals surface area contributed by atoms with E-state index in [2.05, 4.69) is 27.4 Å². The molecule has 0 aromatic rings. The quantitative estimate of drug-likeness (QED) is 0.212. The van der Waals surface area contributed by atoms with E-state index in [1.54, 1.807) is 0 Å². The molecule has 0 aromatic carbocycles. The molecule has 0 rings (SSSR count). The Morgan fingerprint density at radius 1 is 1.17 bits per heavy atom. The Morgan fingerprint density at radius 3 is 2.04 bits per heavy atom. The van der Waals surface area contributed by atoms with Crippen molar-refractivity contribution in [3.8, 4) is 0 Å². The lowest BCUT2D eigenvalue weighted by atomic mass is 10.1. The standard InChI is InChI=1S/C16H32NO6P/c1-5-10-17(11-6-2,12-7-3)14-15(23-24(19,20)21)9-13-22-16(18)8-4/h8,15H,4-7,9-14H2,1-3H3,(H-,19,20,21)/p+1. The summed E-state index contributed by atoms with van der Waals surface area (Å²) in [5.74, 6) is -0.554. The summed E-state index contributed by atoms with van der Waals surface area (Å²) < 4.78 is 22.0. The predicted octanol–water partition coefficient (Wildman–Crippen LogP) is 2.63. The van der Waals surface area contributed by atoms with Crippen molar-refractivity contribution >= 4 is 13.8 Å². The highest BCUT2D eigenvalue weighted by atomic mass is 31.2. The first-order valence-electron chi connectivity index (χ1n) is 8.60. The van der Waals surface area contributed by atoms with Crippen LogP contribution in [0, 0.1) is 0 Å². The lowest BCUT2D eigenvalue weighted by Crippen LogP contribution is -2.54. The smallest absolute Gasteiger partial charge is 0.462 e. The fourth-order valence-electron chi connectivity index (χ4n) is 3.19. The number of quaternary nitrogens is 1. The van der Waals surface area contributed by atoms with Gasteiger partial charge in [-0.05, 0) is 19.3 Å². The van der Waals surface area contributed by atoms with Crippen molar-refractivity contribution in [3.63, 3.8) is 0 Å². The summed E-state index contributed by atoms with van der Waals surface area (Å²) >= 11 is 0. The molecule has 0 saturated carbocycles. The van der Waals surface area contributed by atoms with Crippen molar-refractivity contribution < 1.29 is 32.9 Å². The van der Waals surface area contributed by atoms with Gasteiger partial charge >= 0.3 is 13.8 Å². The second-order valence-electron chi connectivity index (χ2n) is 6.07. The lowest BCUT2D eigenvalue weighted by molar-refractivity contribution is -0.930. The highest BCUT2D eigenvalue weighted by Crippen LogP contribution is 2.39. The third kappa shape index (κ3) is 10.2. The van der Waals surface area contributed by atoms with Crippen LogP contribution in [0.4, 0.5) is 0 Å². The van der Waals surface area contributed by atoms with Gasteiger partial charge in [0.1, 0.15) is 12.6 Å². The zero-order chi connectivity index (χ0) is 18.6. The summed E-state index contributed by atoms with van der Waals surface area (Å²) in [6.07, 6.45) is 3.57. The first-order valence-corrected chi connectivity index (χ1v) is 10.1. The van der Waals surface area contributed by atoms with Gasteiger partial charge in [-0.2, -0.15) is 0 Å². The molecule has 0 radical (unpaired) electrons. The molecule has 0 fully saturated rings. The van der Waals surface area contributed by atoms with Crippen molar-refractivity contribution in [1.29, 1.82) is 0 Å². The minimum Gasteiger partial charge on any atom is -0.462 e. The molecule has 24 heavy (non-hydrogen) atoms. The number of carbonyl (C=O) groups is 1. The van der Waals surface area contributed by atoms with Crippen LogP contribution in [0.1, 0.15) is 46.5 Å². The van der Waals surface area contributed by atoms with E-state index < -0.39 is 19.9 Å². The molecule has 2 N–H and O–H groups in total. The van der Waals surface area contributed by atoms with Crippen LogP contribution in [0.15, 0.2) is 12.7 Å². The van der Waals surface area contributed by atoms with E-state index in [-0.39, 0.29) is 13.0 Å². The number of carbonyl (C=O) groups excluding carboxylic acids is 1. The van der Waals surface area contributed by atoms with E-state index >= 15 is 0 Å². The third-order valence-electron chi connectivity index (χ3n) is 3.82. The number of ether oxygens (including phenoxy) is 1. The highest BCUT2D eigenvalue weighted by molar-refractivity contribution is 7.46. The monoisotopic (exact) mass is 366 g/mol. The van der Waals surface area contributed by atoms with Crippen LogP contribution in [0.2, 0.25) is 0 Å². The molecule has 8 heteroatoms. The molecular formula is C16H33NO6P+. The minimum atomic E-state index is -4.61. The van der Waals surface area contributed by atoms with Crippen molar-refractivity contribution in [2.45, 2.75) is 52.6 Å². The fourth-order valence-corrected chi connectivity index (χ4v) is 3.75. The van der Waals surface area contributed by atoms with Crippen molar-refractivity contribution in [1.82, 2.24) is 0 Å². The van der Waals surface area contributed by atoms with Gasteiger partial charge in [-0.1, -0.05) is 27.4 Å². The van der Waals surface area contributed by atoms with Gasteiger partial charge in [-0.3, -0.25) is 4.52 Å². The Labute approximate surface area is 145 Å². The number of phosphoric ester groups is 1. The molecule has 7 nitrogen and oxygen atoms in total. The molecule has 0 aromatic heterocycles. The number of esters is 1. The summed E-state index contributed by atoms with van der Waals surface area (Å²) in [7, 11) is -4.61. The van der Waals surface area contributed by atoms with Gasteiger partial charge in [0.2, 0.25) is 0 Å². The maximum atomic E-state index is 11.3. The molecule has 1 unspecified atom stereocenters. The molecule has 0 amide bonds. The maximum Gasteiger partial charge on any atom is 0.470 e. The number of rotatable bonds is 14. The van der Waals surface area contributed by atoms with Crippen LogP contribution >= 0.6 is 7.82 Å². The average molecular weight is 366 g/mol. The van der Waals surface area contributed by atoms with Crippen LogP contribution in [0.3, 0.4) is 0 Å².